The second-order valence-electron chi connectivity index (χ2n) is 6.56. The predicted molar refractivity (Wildman–Crippen MR) is 85.5 cm³/mol. The van der Waals surface area contributed by atoms with Gasteiger partial charge < -0.3 is 20.3 Å². The van der Waals surface area contributed by atoms with E-state index < -0.39 is 5.60 Å². The van der Waals surface area contributed by atoms with Crippen LogP contribution in [0.25, 0.3) is 0 Å². The lowest BCUT2D eigenvalue weighted by atomic mass is 10.1. The number of benzene rings is 1. The summed E-state index contributed by atoms with van der Waals surface area (Å²) in [5.41, 5.74) is 7.18. The number of nitrogens with zero attached hydrogens (tertiary/aromatic N) is 2. The predicted octanol–water partition coefficient (Wildman–Crippen LogP) is 2.71. The number of nitrogens with two attached hydrogens (primary N) is 1. The van der Waals surface area contributed by atoms with Gasteiger partial charge in [0.05, 0.1) is 0 Å². The summed E-state index contributed by atoms with van der Waals surface area (Å²) in [5.74, 6) is 0. The molecular formula is C16H25N3O2. The summed E-state index contributed by atoms with van der Waals surface area (Å²) in [6.07, 6.45) is -0.230. The number of carbonyl (C=O) groups excluding carboxylic acids is 1. The van der Waals surface area contributed by atoms with E-state index in [1.54, 1.807) is 4.90 Å². The molecule has 2 N–H and O–H groups in total. The number of amides is 1. The summed E-state index contributed by atoms with van der Waals surface area (Å²) in [6, 6.07) is 8.10. The van der Waals surface area contributed by atoms with Crippen molar-refractivity contribution >= 4 is 17.5 Å². The number of carbonyl (C=O) groups is 1. The Morgan fingerprint density at radius 1 is 1.24 bits per heavy atom. The molecule has 0 radical (unpaired) electrons. The first-order valence-electron chi connectivity index (χ1n) is 7.36. The van der Waals surface area contributed by atoms with Crippen molar-refractivity contribution in [3.05, 3.63) is 24.3 Å². The summed E-state index contributed by atoms with van der Waals surface area (Å²) >= 11 is 0. The lowest BCUT2D eigenvalue weighted by Crippen LogP contribution is -2.54. The standard InChI is InChI=1S/C16H25N3O2/c1-12-11-18(15(20)21-16(2,3)4)9-10-19(12)14-7-5-13(17)6-8-14/h5-8,12H,9-11,17H2,1-4H3. The molecule has 1 fully saturated rings. The number of rotatable bonds is 1. The molecule has 0 saturated carbocycles. The summed E-state index contributed by atoms with van der Waals surface area (Å²) in [5, 5.41) is 0. The van der Waals surface area contributed by atoms with Crippen LogP contribution in [0.15, 0.2) is 24.3 Å². The third-order valence-electron chi connectivity index (χ3n) is 3.50. The molecule has 1 aliphatic rings. The smallest absolute Gasteiger partial charge is 0.410 e. The second-order valence-corrected chi connectivity index (χ2v) is 6.56. The first-order valence-corrected chi connectivity index (χ1v) is 7.36. The highest BCUT2D eigenvalue weighted by atomic mass is 16.6. The minimum Gasteiger partial charge on any atom is -0.444 e. The molecule has 1 unspecified atom stereocenters. The number of piperazine rings is 1. The van der Waals surface area contributed by atoms with Crippen molar-refractivity contribution in [1.29, 1.82) is 0 Å². The lowest BCUT2D eigenvalue weighted by molar-refractivity contribution is 0.0219. The number of anilines is 2. The Morgan fingerprint density at radius 3 is 2.38 bits per heavy atom. The maximum atomic E-state index is 12.1. The average molecular weight is 291 g/mol. The van der Waals surface area contributed by atoms with Crippen molar-refractivity contribution in [2.24, 2.45) is 0 Å². The van der Waals surface area contributed by atoms with Gasteiger partial charge in [0.2, 0.25) is 0 Å². The van der Waals surface area contributed by atoms with Crippen LogP contribution in [0.5, 0.6) is 0 Å². The third kappa shape index (κ3) is 4.03. The Kier molecular flexibility index (Phi) is 4.30. The van der Waals surface area contributed by atoms with Gasteiger partial charge in [0.25, 0.3) is 0 Å². The van der Waals surface area contributed by atoms with Crippen molar-refractivity contribution < 1.29 is 9.53 Å². The molecule has 5 nitrogen and oxygen atoms in total. The fourth-order valence-corrected chi connectivity index (χ4v) is 2.50. The SMILES string of the molecule is CC1CN(C(=O)OC(C)(C)C)CCN1c1ccc(N)cc1. The summed E-state index contributed by atoms with van der Waals surface area (Å²) in [6.45, 7) is 9.91. The quantitative estimate of drug-likeness (QED) is 0.808. The van der Waals surface area contributed by atoms with Crippen molar-refractivity contribution in [3.8, 4) is 0 Å². The van der Waals surface area contributed by atoms with Gasteiger partial charge in [0, 0.05) is 37.1 Å². The molecule has 1 aromatic carbocycles. The van der Waals surface area contributed by atoms with E-state index in [4.69, 9.17) is 10.5 Å². The van der Waals surface area contributed by atoms with Crippen LogP contribution in [0.4, 0.5) is 16.2 Å². The van der Waals surface area contributed by atoms with Crippen molar-refractivity contribution in [3.63, 3.8) is 0 Å². The molecule has 0 spiro atoms. The molecule has 1 aliphatic heterocycles. The Hall–Kier alpha value is -1.91. The first kappa shape index (κ1) is 15.5. The molecule has 0 aliphatic carbocycles. The summed E-state index contributed by atoms with van der Waals surface area (Å²) in [4.78, 5) is 16.2. The Morgan fingerprint density at radius 2 is 1.86 bits per heavy atom. The van der Waals surface area contributed by atoms with Crippen LogP contribution in [0.2, 0.25) is 0 Å². The molecule has 5 heteroatoms. The summed E-state index contributed by atoms with van der Waals surface area (Å²) in [7, 11) is 0. The van der Waals surface area contributed by atoms with E-state index in [9.17, 15) is 4.79 Å². The van der Waals surface area contributed by atoms with Gasteiger partial charge >= 0.3 is 6.09 Å². The van der Waals surface area contributed by atoms with E-state index in [2.05, 4.69) is 11.8 Å². The third-order valence-corrected chi connectivity index (χ3v) is 3.50. The zero-order valence-corrected chi connectivity index (χ0v) is 13.3. The number of hydrogen-bond donors (Lipinski definition) is 1. The maximum Gasteiger partial charge on any atom is 0.410 e. The van der Waals surface area contributed by atoms with Crippen molar-refractivity contribution in [2.45, 2.75) is 39.3 Å². The van der Waals surface area contributed by atoms with Gasteiger partial charge in [0.15, 0.2) is 0 Å². The van der Waals surface area contributed by atoms with Crippen LogP contribution < -0.4 is 10.6 Å². The minimum atomic E-state index is -0.450. The molecule has 1 amide bonds. The molecule has 0 bridgehead atoms. The van der Waals surface area contributed by atoms with Crippen LogP contribution >= 0.6 is 0 Å². The second kappa shape index (κ2) is 5.84. The van der Waals surface area contributed by atoms with E-state index in [1.807, 2.05) is 45.0 Å². The van der Waals surface area contributed by atoms with E-state index in [1.165, 1.54) is 0 Å². The largest absolute Gasteiger partial charge is 0.444 e. The molecule has 1 aromatic rings. The van der Waals surface area contributed by atoms with E-state index >= 15 is 0 Å². The van der Waals surface area contributed by atoms with Crippen LogP contribution in [-0.4, -0.2) is 42.3 Å². The van der Waals surface area contributed by atoms with Gasteiger partial charge in [-0.25, -0.2) is 4.79 Å². The number of ether oxygens (including phenoxy) is 1. The molecule has 1 saturated heterocycles. The minimum absolute atomic E-state index is 0.230. The van der Waals surface area contributed by atoms with Crippen LogP contribution in [0.3, 0.4) is 0 Å². The van der Waals surface area contributed by atoms with Crippen molar-refractivity contribution in [2.75, 3.05) is 30.3 Å². The van der Waals surface area contributed by atoms with Crippen LogP contribution in [0.1, 0.15) is 27.7 Å². The number of nitrogen functional groups attached to an aromatic ring is 1. The fourth-order valence-electron chi connectivity index (χ4n) is 2.50. The Bertz CT molecular complexity index is 493. The first-order chi connectivity index (χ1) is 9.76. The fraction of sp³-hybridized carbons (Fsp3) is 0.562. The highest BCUT2D eigenvalue weighted by molar-refractivity contribution is 5.69. The lowest BCUT2D eigenvalue weighted by Gasteiger charge is -2.41. The van der Waals surface area contributed by atoms with Gasteiger partial charge in [0.1, 0.15) is 5.60 Å². The Balaban J connectivity index is 1.99. The highest BCUT2D eigenvalue weighted by Gasteiger charge is 2.29. The normalized spacial score (nSPS) is 19.5. The molecule has 1 atom stereocenters. The van der Waals surface area contributed by atoms with Gasteiger partial charge in [-0.05, 0) is 52.0 Å². The molecule has 116 valence electrons. The zero-order valence-electron chi connectivity index (χ0n) is 13.3. The van der Waals surface area contributed by atoms with Gasteiger partial charge in [-0.3, -0.25) is 0 Å². The molecule has 1 heterocycles. The molecule has 21 heavy (non-hydrogen) atoms. The van der Waals surface area contributed by atoms with Crippen molar-refractivity contribution in [1.82, 2.24) is 4.90 Å². The van der Waals surface area contributed by atoms with E-state index in [0.29, 0.717) is 13.1 Å². The van der Waals surface area contributed by atoms with Crippen LogP contribution in [0, 0.1) is 0 Å². The van der Waals surface area contributed by atoms with Gasteiger partial charge in [-0.15, -0.1) is 0 Å². The summed E-state index contributed by atoms with van der Waals surface area (Å²) < 4.78 is 5.43. The average Bonchev–Trinajstić information content (AvgIpc) is 2.38. The van der Waals surface area contributed by atoms with Gasteiger partial charge in [-0.2, -0.15) is 0 Å². The van der Waals surface area contributed by atoms with E-state index in [0.717, 1.165) is 17.9 Å². The molecule has 0 aromatic heterocycles. The molecule has 2 rings (SSSR count). The Labute approximate surface area is 126 Å². The monoisotopic (exact) mass is 291 g/mol. The van der Waals surface area contributed by atoms with Gasteiger partial charge in [-0.1, -0.05) is 0 Å². The molecular weight excluding hydrogens is 266 g/mol. The maximum absolute atomic E-state index is 12.1. The zero-order chi connectivity index (χ0) is 15.6. The van der Waals surface area contributed by atoms with Crippen LogP contribution in [-0.2, 0) is 4.74 Å². The number of hydrogen-bond acceptors (Lipinski definition) is 4. The highest BCUT2D eigenvalue weighted by Crippen LogP contribution is 2.22. The van der Waals surface area contributed by atoms with E-state index in [-0.39, 0.29) is 12.1 Å². The topological polar surface area (TPSA) is 58.8 Å².